The Kier molecular flexibility index (Phi) is 5.72. The molecule has 1 aliphatic rings. The molecule has 1 amide bonds. The van der Waals surface area contributed by atoms with E-state index in [0.29, 0.717) is 28.4 Å². The number of hydrogen-bond donors (Lipinski definition) is 2. The van der Waals surface area contributed by atoms with E-state index in [9.17, 15) is 9.59 Å². The van der Waals surface area contributed by atoms with Gasteiger partial charge in [0, 0.05) is 46.0 Å². The van der Waals surface area contributed by atoms with Crippen molar-refractivity contribution >= 4 is 34.7 Å². The number of fused-ring (bicyclic) bond motifs is 2. The van der Waals surface area contributed by atoms with Crippen LogP contribution in [0, 0.1) is 13.8 Å². The number of anilines is 2. The Morgan fingerprint density at radius 1 is 0.971 bits per heavy atom. The van der Waals surface area contributed by atoms with Gasteiger partial charge in [0.25, 0.3) is 5.91 Å². The van der Waals surface area contributed by atoms with E-state index in [-0.39, 0.29) is 11.7 Å². The van der Waals surface area contributed by atoms with Crippen molar-refractivity contribution in [2.45, 2.75) is 26.4 Å². The summed E-state index contributed by atoms with van der Waals surface area (Å²) in [5.74, 6) is -0.234. The fourth-order valence-corrected chi connectivity index (χ4v) is 4.67. The van der Waals surface area contributed by atoms with Gasteiger partial charge in [-0.2, -0.15) is 0 Å². The summed E-state index contributed by atoms with van der Waals surface area (Å²) in [6, 6.07) is 22.1. The normalized spacial score (nSPS) is 14.4. The van der Waals surface area contributed by atoms with Gasteiger partial charge in [0.2, 0.25) is 0 Å². The number of Topliss-reactive ketones (excluding diaryl/α,β-unsaturated/α-hetero) is 1. The summed E-state index contributed by atoms with van der Waals surface area (Å²) in [5.41, 5.74) is 6.46. The maximum Gasteiger partial charge on any atom is 0.255 e. The molecule has 1 atom stereocenters. The fraction of sp³-hybridized carbons (Fsp3) is 0.143. The molecule has 0 fully saturated rings. The minimum atomic E-state index is -0.504. The van der Waals surface area contributed by atoms with E-state index in [1.165, 1.54) is 0 Å². The van der Waals surface area contributed by atoms with E-state index in [2.05, 4.69) is 21.3 Å². The van der Waals surface area contributed by atoms with Crippen LogP contribution in [-0.2, 0) is 6.54 Å². The number of carbonyl (C=O) groups excluding carboxylic acids is 2. The Labute approximate surface area is 203 Å². The minimum absolute atomic E-state index is 0.0221. The third kappa shape index (κ3) is 4.11. The smallest absolute Gasteiger partial charge is 0.255 e. The zero-order valence-corrected chi connectivity index (χ0v) is 19.7. The minimum Gasteiger partial charge on any atom is -0.370 e. The Bertz CT molecular complexity index is 1420. The number of nitrogens with one attached hydrogen (secondary N) is 2. The van der Waals surface area contributed by atoms with Gasteiger partial charge < -0.3 is 15.2 Å². The lowest BCUT2D eigenvalue weighted by atomic mass is 9.98. The summed E-state index contributed by atoms with van der Waals surface area (Å²) in [6.45, 7) is 4.45. The van der Waals surface area contributed by atoms with E-state index in [1.807, 2.05) is 56.4 Å². The predicted molar refractivity (Wildman–Crippen MR) is 136 cm³/mol. The van der Waals surface area contributed by atoms with Crippen LogP contribution >= 0.6 is 11.6 Å². The number of aromatic nitrogens is 1. The molecule has 0 bridgehead atoms. The van der Waals surface area contributed by atoms with Gasteiger partial charge in [0.15, 0.2) is 5.78 Å². The van der Waals surface area contributed by atoms with Crippen LogP contribution in [-0.4, -0.2) is 16.3 Å². The second-order valence-electron chi connectivity index (χ2n) is 8.60. The van der Waals surface area contributed by atoms with Crippen LogP contribution in [0.4, 0.5) is 11.4 Å². The van der Waals surface area contributed by atoms with Crippen LogP contribution in [0.15, 0.2) is 79.0 Å². The molecule has 0 radical (unpaired) electrons. The lowest BCUT2D eigenvalue weighted by Crippen LogP contribution is -2.22. The second-order valence-corrected chi connectivity index (χ2v) is 9.04. The lowest BCUT2D eigenvalue weighted by Gasteiger charge is -2.19. The van der Waals surface area contributed by atoms with Crippen LogP contribution in [0.3, 0.4) is 0 Å². The second kappa shape index (κ2) is 8.84. The molecule has 0 aliphatic carbocycles. The molecule has 0 saturated carbocycles. The summed E-state index contributed by atoms with van der Waals surface area (Å²) in [4.78, 5) is 26.4. The Hall–Kier alpha value is -3.83. The van der Waals surface area contributed by atoms with E-state index in [0.717, 1.165) is 28.1 Å². The molecule has 6 heteroatoms. The van der Waals surface area contributed by atoms with Crippen molar-refractivity contribution in [3.8, 4) is 0 Å². The van der Waals surface area contributed by atoms with Gasteiger partial charge in [-0.05, 0) is 85.1 Å². The molecule has 3 aromatic carbocycles. The number of rotatable bonds is 4. The zero-order valence-electron chi connectivity index (χ0n) is 18.9. The lowest BCUT2D eigenvalue weighted by molar-refractivity contribution is 0.0966. The van der Waals surface area contributed by atoms with E-state index < -0.39 is 6.04 Å². The van der Waals surface area contributed by atoms with Crippen LogP contribution in [0.5, 0.6) is 0 Å². The number of benzene rings is 3. The van der Waals surface area contributed by atoms with Gasteiger partial charge in [-0.3, -0.25) is 9.59 Å². The molecule has 34 heavy (non-hydrogen) atoms. The van der Waals surface area contributed by atoms with E-state index in [4.69, 9.17) is 11.6 Å². The Morgan fingerprint density at radius 2 is 1.79 bits per heavy atom. The van der Waals surface area contributed by atoms with Crippen LogP contribution in [0.2, 0.25) is 5.02 Å². The van der Waals surface area contributed by atoms with Crippen LogP contribution in [0.1, 0.15) is 49.1 Å². The highest BCUT2D eigenvalue weighted by atomic mass is 35.5. The van der Waals surface area contributed by atoms with Gasteiger partial charge in [-0.25, -0.2) is 0 Å². The quantitative estimate of drug-likeness (QED) is 0.339. The number of para-hydroxylation sites is 1. The molecule has 2 N–H and O–H groups in total. The van der Waals surface area contributed by atoms with Gasteiger partial charge >= 0.3 is 0 Å². The largest absolute Gasteiger partial charge is 0.370 e. The highest BCUT2D eigenvalue weighted by Gasteiger charge is 2.28. The van der Waals surface area contributed by atoms with Gasteiger partial charge in [-0.1, -0.05) is 29.8 Å². The first-order valence-electron chi connectivity index (χ1n) is 11.1. The number of ketones is 1. The SMILES string of the molecule is Cc1cc(C(=O)C2Nc3ccccc3Cn3cccc32)ccc1NC(=O)c1ccc(Cl)cc1C. The molecule has 4 aromatic rings. The van der Waals surface area contributed by atoms with Crippen molar-refractivity contribution < 1.29 is 9.59 Å². The molecule has 5 nitrogen and oxygen atoms in total. The third-order valence-corrected chi connectivity index (χ3v) is 6.51. The maximum absolute atomic E-state index is 13.6. The molecular formula is C28H24ClN3O2. The molecule has 5 rings (SSSR count). The van der Waals surface area contributed by atoms with Crippen LogP contribution in [0.25, 0.3) is 0 Å². The summed E-state index contributed by atoms with van der Waals surface area (Å²) < 4.78 is 2.11. The first-order valence-corrected chi connectivity index (χ1v) is 11.5. The van der Waals surface area contributed by atoms with Crippen LogP contribution < -0.4 is 10.6 Å². The van der Waals surface area contributed by atoms with Gasteiger partial charge in [-0.15, -0.1) is 0 Å². The van der Waals surface area contributed by atoms with Crippen molar-refractivity contribution in [3.05, 3.63) is 118 Å². The van der Waals surface area contributed by atoms with Crippen molar-refractivity contribution in [2.24, 2.45) is 0 Å². The summed E-state index contributed by atoms with van der Waals surface area (Å²) in [5, 5.41) is 6.99. The molecule has 0 spiro atoms. The molecule has 0 saturated heterocycles. The molecule has 2 heterocycles. The molecular weight excluding hydrogens is 446 g/mol. The average molecular weight is 470 g/mol. The summed E-state index contributed by atoms with van der Waals surface area (Å²) in [7, 11) is 0. The maximum atomic E-state index is 13.6. The predicted octanol–water partition coefficient (Wildman–Crippen LogP) is 6.41. The summed E-state index contributed by atoms with van der Waals surface area (Å²) in [6.07, 6.45) is 2.00. The summed E-state index contributed by atoms with van der Waals surface area (Å²) >= 11 is 6.01. The Morgan fingerprint density at radius 3 is 2.59 bits per heavy atom. The average Bonchev–Trinajstić information content (AvgIpc) is 3.20. The number of aryl methyl sites for hydroxylation is 2. The van der Waals surface area contributed by atoms with E-state index in [1.54, 1.807) is 30.3 Å². The highest BCUT2D eigenvalue weighted by Crippen LogP contribution is 2.31. The molecule has 1 aliphatic heterocycles. The van der Waals surface area contributed by atoms with Gasteiger partial charge in [0.1, 0.15) is 6.04 Å². The first-order chi connectivity index (χ1) is 16.4. The number of carbonyl (C=O) groups is 2. The standard InChI is InChI=1S/C28H24ClN3O2/c1-17-15-21(29)10-11-22(17)28(34)31-23-12-9-19(14-18(23)2)27(33)26-25-8-5-13-32(25)16-20-6-3-4-7-24(20)30-26/h3-15,26,30H,16H2,1-2H3,(H,31,34). The number of hydrogen-bond acceptors (Lipinski definition) is 3. The molecule has 1 unspecified atom stereocenters. The highest BCUT2D eigenvalue weighted by molar-refractivity contribution is 6.30. The first kappa shape index (κ1) is 22.0. The van der Waals surface area contributed by atoms with E-state index >= 15 is 0 Å². The van der Waals surface area contributed by atoms with Crippen molar-refractivity contribution in [1.29, 1.82) is 0 Å². The number of amides is 1. The van der Waals surface area contributed by atoms with Crippen molar-refractivity contribution in [2.75, 3.05) is 10.6 Å². The van der Waals surface area contributed by atoms with Crippen molar-refractivity contribution in [3.63, 3.8) is 0 Å². The van der Waals surface area contributed by atoms with Crippen molar-refractivity contribution in [1.82, 2.24) is 4.57 Å². The molecule has 170 valence electrons. The number of halogens is 1. The Balaban J connectivity index is 1.41. The third-order valence-electron chi connectivity index (χ3n) is 6.27. The van der Waals surface area contributed by atoms with Gasteiger partial charge in [0.05, 0.1) is 0 Å². The fourth-order valence-electron chi connectivity index (χ4n) is 4.44. The topological polar surface area (TPSA) is 63.1 Å². The number of nitrogens with zero attached hydrogens (tertiary/aromatic N) is 1. The zero-order chi connectivity index (χ0) is 23.8. The molecule has 1 aromatic heterocycles. The monoisotopic (exact) mass is 469 g/mol.